The zero-order chi connectivity index (χ0) is 15.5. The van der Waals surface area contributed by atoms with E-state index in [4.69, 9.17) is 4.42 Å². The molecular formula is C16H17N3O2S. The Morgan fingerprint density at radius 1 is 1.41 bits per heavy atom. The molecule has 6 heteroatoms. The van der Waals surface area contributed by atoms with Crippen LogP contribution in [0.5, 0.6) is 0 Å². The third-order valence-electron chi connectivity index (χ3n) is 3.37. The molecule has 0 fully saturated rings. The molecule has 22 heavy (non-hydrogen) atoms. The predicted molar refractivity (Wildman–Crippen MR) is 86.1 cm³/mol. The number of thiophene rings is 1. The highest BCUT2D eigenvalue weighted by Crippen LogP contribution is 2.19. The van der Waals surface area contributed by atoms with Crippen LogP contribution in [0.4, 0.5) is 0 Å². The number of aryl methyl sites for hydroxylation is 2. The van der Waals surface area contributed by atoms with E-state index in [0.29, 0.717) is 24.4 Å². The molecule has 0 unspecified atom stereocenters. The fraction of sp³-hybridized carbons (Fsp3) is 0.250. The van der Waals surface area contributed by atoms with Gasteiger partial charge in [0, 0.05) is 23.7 Å². The Balaban J connectivity index is 1.55. The van der Waals surface area contributed by atoms with E-state index in [9.17, 15) is 4.79 Å². The highest BCUT2D eigenvalue weighted by atomic mass is 32.1. The minimum absolute atomic E-state index is 0.112. The Bertz CT molecular complexity index is 771. The van der Waals surface area contributed by atoms with Gasteiger partial charge in [-0.3, -0.25) is 9.48 Å². The van der Waals surface area contributed by atoms with Gasteiger partial charge in [0.15, 0.2) is 0 Å². The number of hydrogen-bond acceptors (Lipinski definition) is 4. The van der Waals surface area contributed by atoms with E-state index in [1.807, 2.05) is 35.3 Å². The first kappa shape index (κ1) is 14.6. The normalized spacial score (nSPS) is 10.8. The molecule has 0 bridgehead atoms. The Morgan fingerprint density at radius 2 is 2.27 bits per heavy atom. The average molecular weight is 315 g/mol. The van der Waals surface area contributed by atoms with Gasteiger partial charge in [-0.15, -0.1) is 0 Å². The van der Waals surface area contributed by atoms with Crippen molar-refractivity contribution in [3.8, 4) is 11.3 Å². The van der Waals surface area contributed by atoms with Crippen LogP contribution in [0.15, 0.2) is 39.6 Å². The van der Waals surface area contributed by atoms with Crippen LogP contribution in [-0.4, -0.2) is 22.2 Å². The van der Waals surface area contributed by atoms with Gasteiger partial charge in [0.05, 0.1) is 17.8 Å². The molecule has 3 heterocycles. The summed E-state index contributed by atoms with van der Waals surface area (Å²) in [5.74, 6) is 1.28. The largest absolute Gasteiger partial charge is 0.466 e. The Kier molecular flexibility index (Phi) is 4.11. The number of rotatable bonds is 5. The fourth-order valence-electron chi connectivity index (χ4n) is 2.29. The van der Waals surface area contributed by atoms with Gasteiger partial charge in [-0.05, 0) is 37.4 Å². The number of carbonyl (C=O) groups excluding carboxylic acids is 1. The number of aromatic nitrogens is 2. The molecule has 1 amide bonds. The molecule has 0 saturated heterocycles. The molecule has 3 aromatic rings. The van der Waals surface area contributed by atoms with Gasteiger partial charge in [0.1, 0.15) is 11.5 Å². The van der Waals surface area contributed by atoms with E-state index < -0.39 is 0 Å². The third kappa shape index (κ3) is 3.12. The molecule has 0 aliphatic rings. The number of furan rings is 1. The molecule has 0 aliphatic heterocycles. The van der Waals surface area contributed by atoms with Gasteiger partial charge in [0.25, 0.3) is 5.91 Å². The second kappa shape index (κ2) is 6.19. The van der Waals surface area contributed by atoms with Crippen molar-refractivity contribution >= 4 is 17.2 Å². The van der Waals surface area contributed by atoms with E-state index in [2.05, 4.69) is 15.8 Å². The molecule has 0 radical (unpaired) electrons. The van der Waals surface area contributed by atoms with Crippen LogP contribution in [0, 0.1) is 13.8 Å². The first-order valence-corrected chi connectivity index (χ1v) is 7.99. The highest BCUT2D eigenvalue weighted by Gasteiger charge is 2.12. The van der Waals surface area contributed by atoms with Crippen molar-refractivity contribution in [1.82, 2.24) is 15.1 Å². The summed E-state index contributed by atoms with van der Waals surface area (Å²) < 4.78 is 7.20. The smallest absolute Gasteiger partial charge is 0.254 e. The van der Waals surface area contributed by atoms with Crippen LogP contribution in [0.2, 0.25) is 0 Å². The first-order valence-electron chi connectivity index (χ1n) is 7.05. The van der Waals surface area contributed by atoms with Gasteiger partial charge in [-0.1, -0.05) is 0 Å². The van der Waals surface area contributed by atoms with Crippen molar-refractivity contribution in [2.45, 2.75) is 20.4 Å². The van der Waals surface area contributed by atoms with Crippen molar-refractivity contribution in [2.24, 2.45) is 0 Å². The summed E-state index contributed by atoms with van der Waals surface area (Å²) in [5.41, 5.74) is 2.67. The van der Waals surface area contributed by atoms with Gasteiger partial charge in [-0.25, -0.2) is 0 Å². The summed E-state index contributed by atoms with van der Waals surface area (Å²) in [5, 5.41) is 11.5. The summed E-state index contributed by atoms with van der Waals surface area (Å²) in [6.07, 6.45) is 1.92. The minimum atomic E-state index is -0.112. The van der Waals surface area contributed by atoms with Crippen LogP contribution in [0.25, 0.3) is 11.3 Å². The van der Waals surface area contributed by atoms with Crippen molar-refractivity contribution < 1.29 is 9.21 Å². The lowest BCUT2D eigenvalue weighted by atomic mass is 10.2. The molecule has 0 aromatic carbocycles. The minimum Gasteiger partial charge on any atom is -0.466 e. The van der Waals surface area contributed by atoms with E-state index >= 15 is 0 Å². The molecule has 1 N–H and O–H groups in total. The van der Waals surface area contributed by atoms with Crippen LogP contribution in [0.1, 0.15) is 21.9 Å². The van der Waals surface area contributed by atoms with Gasteiger partial charge in [-0.2, -0.15) is 16.4 Å². The molecule has 0 spiro atoms. The highest BCUT2D eigenvalue weighted by molar-refractivity contribution is 7.08. The quantitative estimate of drug-likeness (QED) is 0.786. The average Bonchev–Trinajstić information content (AvgIpc) is 3.19. The second-order valence-corrected chi connectivity index (χ2v) is 5.84. The maximum atomic E-state index is 12.1. The molecular weight excluding hydrogens is 298 g/mol. The van der Waals surface area contributed by atoms with Gasteiger partial charge < -0.3 is 9.73 Å². The SMILES string of the molecule is Cc1cc(C(=O)NCCn2ccc(-c3ccsc3)n2)c(C)o1. The maximum Gasteiger partial charge on any atom is 0.254 e. The second-order valence-electron chi connectivity index (χ2n) is 5.06. The van der Waals surface area contributed by atoms with Crippen molar-refractivity contribution in [2.75, 3.05) is 6.54 Å². The fourth-order valence-corrected chi connectivity index (χ4v) is 2.94. The number of hydrogen-bond donors (Lipinski definition) is 1. The van der Waals surface area contributed by atoms with Crippen molar-refractivity contribution in [3.05, 3.63) is 52.2 Å². The predicted octanol–water partition coefficient (Wildman–Crippen LogP) is 3.25. The molecule has 0 aliphatic carbocycles. The van der Waals surface area contributed by atoms with Crippen molar-refractivity contribution in [1.29, 1.82) is 0 Å². The molecule has 5 nitrogen and oxygen atoms in total. The third-order valence-corrected chi connectivity index (χ3v) is 4.05. The molecule has 114 valence electrons. The zero-order valence-electron chi connectivity index (χ0n) is 12.5. The van der Waals surface area contributed by atoms with Gasteiger partial charge in [0.2, 0.25) is 0 Å². The molecule has 3 rings (SSSR count). The van der Waals surface area contributed by atoms with Crippen LogP contribution in [0.3, 0.4) is 0 Å². The lowest BCUT2D eigenvalue weighted by Gasteiger charge is -2.04. The molecule has 0 saturated carbocycles. The van der Waals surface area contributed by atoms with E-state index in [1.54, 1.807) is 24.3 Å². The van der Waals surface area contributed by atoms with Crippen LogP contribution in [-0.2, 0) is 6.54 Å². The number of amides is 1. The topological polar surface area (TPSA) is 60.1 Å². The Morgan fingerprint density at radius 3 is 2.95 bits per heavy atom. The number of carbonyl (C=O) groups is 1. The number of nitrogens with zero attached hydrogens (tertiary/aromatic N) is 2. The lowest BCUT2D eigenvalue weighted by Crippen LogP contribution is -2.27. The van der Waals surface area contributed by atoms with E-state index in [1.165, 1.54) is 0 Å². The summed E-state index contributed by atoms with van der Waals surface area (Å²) in [6, 6.07) is 5.78. The Labute approximate surface area is 132 Å². The van der Waals surface area contributed by atoms with Gasteiger partial charge >= 0.3 is 0 Å². The summed E-state index contributed by atoms with van der Waals surface area (Å²) >= 11 is 1.65. The van der Waals surface area contributed by atoms with Crippen LogP contribution < -0.4 is 5.32 Å². The van der Waals surface area contributed by atoms with E-state index in [-0.39, 0.29) is 5.91 Å². The van der Waals surface area contributed by atoms with Crippen molar-refractivity contribution in [3.63, 3.8) is 0 Å². The first-order chi connectivity index (χ1) is 10.6. The van der Waals surface area contributed by atoms with Crippen LogP contribution >= 0.6 is 11.3 Å². The zero-order valence-corrected chi connectivity index (χ0v) is 13.3. The summed E-state index contributed by atoms with van der Waals surface area (Å²) in [7, 11) is 0. The lowest BCUT2D eigenvalue weighted by molar-refractivity contribution is 0.0950. The standard InChI is InChI=1S/C16H17N3O2S/c1-11-9-14(12(2)21-11)16(20)17-5-7-19-6-3-15(18-19)13-4-8-22-10-13/h3-4,6,8-10H,5,7H2,1-2H3,(H,17,20). The number of nitrogens with one attached hydrogen (secondary N) is 1. The summed E-state index contributed by atoms with van der Waals surface area (Å²) in [4.78, 5) is 12.1. The summed E-state index contributed by atoms with van der Waals surface area (Å²) in [6.45, 7) is 4.78. The Hall–Kier alpha value is -2.34. The molecule has 3 aromatic heterocycles. The molecule has 0 atom stereocenters. The monoisotopic (exact) mass is 315 g/mol. The van der Waals surface area contributed by atoms with E-state index in [0.717, 1.165) is 17.0 Å². The maximum absolute atomic E-state index is 12.1.